The molecule has 2 aromatic carbocycles. The van der Waals surface area contributed by atoms with Crippen molar-refractivity contribution in [3.63, 3.8) is 0 Å². The van der Waals surface area contributed by atoms with Crippen LogP contribution in [0.3, 0.4) is 0 Å². The van der Waals surface area contributed by atoms with Crippen LogP contribution in [0.25, 0.3) is 10.9 Å². The van der Waals surface area contributed by atoms with Crippen molar-refractivity contribution in [1.29, 1.82) is 0 Å². The van der Waals surface area contributed by atoms with Crippen molar-refractivity contribution in [2.45, 2.75) is 32.2 Å². The molecule has 0 fully saturated rings. The molecule has 0 aliphatic heterocycles. The summed E-state index contributed by atoms with van der Waals surface area (Å²) in [6.07, 6.45) is 3.69. The molecule has 0 unspecified atom stereocenters. The summed E-state index contributed by atoms with van der Waals surface area (Å²) in [6, 6.07) is 11.8. The second-order valence-electron chi connectivity index (χ2n) is 6.32. The van der Waals surface area contributed by atoms with E-state index in [9.17, 15) is 9.90 Å². The molecule has 0 spiro atoms. The highest BCUT2D eigenvalue weighted by atomic mass is 35.5. The fourth-order valence-corrected chi connectivity index (χ4v) is 3.54. The molecule has 1 amide bonds. The van der Waals surface area contributed by atoms with Crippen LogP contribution in [0.1, 0.15) is 43.4 Å². The van der Waals surface area contributed by atoms with Gasteiger partial charge in [-0.3, -0.25) is 9.78 Å². The van der Waals surface area contributed by atoms with Crippen molar-refractivity contribution in [3.05, 3.63) is 69.8 Å². The van der Waals surface area contributed by atoms with Crippen LogP contribution in [0.2, 0.25) is 10.0 Å². The zero-order valence-corrected chi connectivity index (χ0v) is 16.4. The SMILES string of the molecule is CCCCC(=O)N[C@H](c1ccccc1Cl)c1cc(Cl)c2cccnc2c1O. The third-order valence-electron chi connectivity index (χ3n) is 4.43. The maximum absolute atomic E-state index is 12.4. The van der Waals surface area contributed by atoms with Crippen LogP contribution < -0.4 is 5.32 Å². The van der Waals surface area contributed by atoms with Crippen LogP contribution >= 0.6 is 23.2 Å². The number of hydrogen-bond acceptors (Lipinski definition) is 3. The molecule has 0 aliphatic rings. The smallest absolute Gasteiger partial charge is 0.220 e. The first-order valence-corrected chi connectivity index (χ1v) is 9.58. The highest BCUT2D eigenvalue weighted by Gasteiger charge is 2.24. The molecule has 0 aliphatic carbocycles. The topological polar surface area (TPSA) is 62.2 Å². The van der Waals surface area contributed by atoms with Gasteiger partial charge in [0.15, 0.2) is 0 Å². The molecule has 27 heavy (non-hydrogen) atoms. The van der Waals surface area contributed by atoms with Gasteiger partial charge in [0.2, 0.25) is 5.91 Å². The van der Waals surface area contributed by atoms with Gasteiger partial charge in [0.25, 0.3) is 0 Å². The van der Waals surface area contributed by atoms with Crippen molar-refractivity contribution in [3.8, 4) is 5.75 Å². The molecule has 140 valence electrons. The largest absolute Gasteiger partial charge is 0.505 e. The summed E-state index contributed by atoms with van der Waals surface area (Å²) in [5.41, 5.74) is 1.54. The monoisotopic (exact) mass is 402 g/mol. The van der Waals surface area contributed by atoms with Gasteiger partial charge in [0.05, 0.1) is 11.1 Å². The van der Waals surface area contributed by atoms with Crippen LogP contribution in [0, 0.1) is 0 Å². The van der Waals surface area contributed by atoms with Crippen LogP contribution in [0.15, 0.2) is 48.7 Å². The third-order valence-corrected chi connectivity index (χ3v) is 5.09. The number of nitrogens with zero attached hydrogens (tertiary/aromatic N) is 1. The number of phenolic OH excluding ortho intramolecular Hbond substituents is 1. The number of phenols is 1. The Morgan fingerprint density at radius 3 is 2.67 bits per heavy atom. The Labute approximate surface area is 168 Å². The molecule has 0 radical (unpaired) electrons. The number of carbonyl (C=O) groups excluding carboxylic acids is 1. The van der Waals surface area contributed by atoms with E-state index in [0.29, 0.717) is 38.5 Å². The first-order chi connectivity index (χ1) is 13.0. The first kappa shape index (κ1) is 19.5. The first-order valence-electron chi connectivity index (χ1n) is 8.82. The number of carbonyl (C=O) groups is 1. The lowest BCUT2D eigenvalue weighted by atomic mass is 9.95. The molecule has 3 aromatic rings. The van der Waals surface area contributed by atoms with Gasteiger partial charge in [-0.2, -0.15) is 0 Å². The number of benzene rings is 2. The highest BCUT2D eigenvalue weighted by molar-refractivity contribution is 6.35. The van der Waals surface area contributed by atoms with Crippen LogP contribution in [-0.2, 0) is 4.79 Å². The molecule has 1 atom stereocenters. The van der Waals surface area contributed by atoms with Crippen LogP contribution in [0.4, 0.5) is 0 Å². The molecule has 0 saturated heterocycles. The number of rotatable bonds is 6. The van der Waals surface area contributed by atoms with Gasteiger partial charge in [0, 0.05) is 28.6 Å². The summed E-state index contributed by atoms with van der Waals surface area (Å²) in [5.74, 6) is -0.130. The predicted molar refractivity (Wildman–Crippen MR) is 109 cm³/mol. The van der Waals surface area contributed by atoms with Crippen molar-refractivity contribution < 1.29 is 9.90 Å². The molecule has 2 N–H and O–H groups in total. The minimum atomic E-state index is -0.632. The summed E-state index contributed by atoms with van der Waals surface area (Å²) in [4.78, 5) is 16.7. The van der Waals surface area contributed by atoms with E-state index >= 15 is 0 Å². The Morgan fingerprint density at radius 1 is 1.15 bits per heavy atom. The third kappa shape index (κ3) is 4.18. The van der Waals surface area contributed by atoms with Gasteiger partial charge in [-0.1, -0.05) is 54.7 Å². The molecule has 1 heterocycles. The van der Waals surface area contributed by atoms with E-state index in [4.69, 9.17) is 23.2 Å². The molecule has 3 rings (SSSR count). The number of pyridine rings is 1. The summed E-state index contributed by atoms with van der Waals surface area (Å²) < 4.78 is 0. The standard InChI is InChI=1S/C21H20Cl2N2O2/c1-2-3-10-18(26)25-19(13-7-4-5-9-16(13)22)15-12-17(23)14-8-6-11-24-20(14)21(15)27/h4-9,11-12,19,27H,2-3,10H2,1H3,(H,25,26)/t19-/m1/s1. The molecule has 4 nitrogen and oxygen atoms in total. The van der Waals surface area contributed by atoms with E-state index in [1.54, 1.807) is 30.5 Å². The number of nitrogens with one attached hydrogen (secondary N) is 1. The average Bonchev–Trinajstić information content (AvgIpc) is 2.68. The number of fused-ring (bicyclic) bond motifs is 1. The summed E-state index contributed by atoms with van der Waals surface area (Å²) in [6.45, 7) is 2.03. The lowest BCUT2D eigenvalue weighted by molar-refractivity contribution is -0.121. The zero-order valence-electron chi connectivity index (χ0n) is 14.9. The fourth-order valence-electron chi connectivity index (χ4n) is 3.03. The fraction of sp³-hybridized carbons (Fsp3) is 0.238. The zero-order chi connectivity index (χ0) is 19.4. The van der Waals surface area contributed by atoms with E-state index < -0.39 is 6.04 Å². The summed E-state index contributed by atoms with van der Waals surface area (Å²) in [5, 5.41) is 15.5. The van der Waals surface area contributed by atoms with E-state index in [0.717, 1.165) is 12.8 Å². The Hall–Kier alpha value is -2.30. The molecular weight excluding hydrogens is 383 g/mol. The van der Waals surface area contributed by atoms with Gasteiger partial charge in [-0.25, -0.2) is 0 Å². The van der Waals surface area contributed by atoms with Gasteiger partial charge < -0.3 is 10.4 Å². The van der Waals surface area contributed by atoms with Crippen molar-refractivity contribution in [2.75, 3.05) is 0 Å². The summed E-state index contributed by atoms with van der Waals surface area (Å²) in [7, 11) is 0. The van der Waals surface area contributed by atoms with Crippen LogP contribution in [0.5, 0.6) is 5.75 Å². The molecule has 6 heteroatoms. The number of unbranched alkanes of at least 4 members (excludes halogenated alkanes) is 1. The Kier molecular flexibility index (Phi) is 6.19. The Balaban J connectivity index is 2.13. The number of aromatic nitrogens is 1. The van der Waals surface area contributed by atoms with Crippen LogP contribution in [-0.4, -0.2) is 16.0 Å². The lowest BCUT2D eigenvalue weighted by Crippen LogP contribution is -2.29. The highest BCUT2D eigenvalue weighted by Crippen LogP contribution is 2.39. The normalized spacial score (nSPS) is 12.1. The molecule has 0 bridgehead atoms. The molecule has 1 aromatic heterocycles. The van der Waals surface area contributed by atoms with Crippen molar-refractivity contribution in [2.24, 2.45) is 0 Å². The van der Waals surface area contributed by atoms with Gasteiger partial charge in [-0.05, 0) is 36.2 Å². The quantitative estimate of drug-likeness (QED) is 0.560. The van der Waals surface area contributed by atoms with Gasteiger partial charge in [0.1, 0.15) is 11.3 Å². The van der Waals surface area contributed by atoms with Gasteiger partial charge >= 0.3 is 0 Å². The number of aromatic hydroxyl groups is 1. The van der Waals surface area contributed by atoms with E-state index in [2.05, 4.69) is 10.3 Å². The van der Waals surface area contributed by atoms with E-state index in [1.165, 1.54) is 0 Å². The van der Waals surface area contributed by atoms with E-state index in [1.807, 2.05) is 25.1 Å². The van der Waals surface area contributed by atoms with Crippen molar-refractivity contribution in [1.82, 2.24) is 10.3 Å². The van der Waals surface area contributed by atoms with E-state index in [-0.39, 0.29) is 11.7 Å². The number of amides is 1. The second-order valence-corrected chi connectivity index (χ2v) is 7.14. The Bertz CT molecular complexity index is 976. The lowest BCUT2D eigenvalue weighted by Gasteiger charge is -2.23. The summed E-state index contributed by atoms with van der Waals surface area (Å²) >= 11 is 12.8. The second kappa shape index (κ2) is 8.59. The minimum Gasteiger partial charge on any atom is -0.505 e. The number of halogens is 2. The predicted octanol–water partition coefficient (Wildman–Crippen LogP) is 5.64. The Morgan fingerprint density at radius 2 is 1.93 bits per heavy atom. The molecular formula is C21H20Cl2N2O2. The average molecular weight is 403 g/mol. The maximum Gasteiger partial charge on any atom is 0.220 e. The van der Waals surface area contributed by atoms with Crippen molar-refractivity contribution >= 4 is 40.0 Å². The minimum absolute atomic E-state index is 0.0179. The van der Waals surface area contributed by atoms with Gasteiger partial charge in [-0.15, -0.1) is 0 Å². The molecule has 0 saturated carbocycles. The maximum atomic E-state index is 12.4. The number of hydrogen-bond donors (Lipinski definition) is 2.